The van der Waals surface area contributed by atoms with Crippen molar-refractivity contribution in [1.29, 1.82) is 0 Å². The van der Waals surface area contributed by atoms with Crippen molar-refractivity contribution in [3.63, 3.8) is 0 Å². The smallest absolute Gasteiger partial charge is 0.240 e. The molecule has 4 aromatic rings. The lowest BCUT2D eigenvalue weighted by Crippen LogP contribution is -2.48. The second-order valence-electron chi connectivity index (χ2n) is 9.73. The van der Waals surface area contributed by atoms with Crippen LogP contribution in [0.3, 0.4) is 0 Å². The second-order valence-corrected chi connectivity index (χ2v) is 10.2. The molecule has 0 N–H and O–H groups in total. The molecule has 0 unspecified atom stereocenters. The van der Waals surface area contributed by atoms with Crippen LogP contribution in [0, 0.1) is 11.8 Å². The van der Waals surface area contributed by atoms with Crippen molar-refractivity contribution in [3.8, 4) is 0 Å². The molecule has 3 aliphatic rings. The Morgan fingerprint density at radius 3 is 2.27 bits per heavy atom. The first-order valence-electron chi connectivity index (χ1n) is 12.2. The van der Waals surface area contributed by atoms with Crippen molar-refractivity contribution in [2.75, 3.05) is 9.80 Å². The molecule has 7 rings (SSSR count). The highest BCUT2D eigenvalue weighted by Crippen LogP contribution is 2.50. The molecule has 0 aliphatic carbocycles. The third kappa shape index (κ3) is 3.20. The molecule has 3 heterocycles. The fraction of sp³-hybridized carbons (Fsp3) is 0.129. The number of para-hydroxylation sites is 1. The zero-order valence-corrected chi connectivity index (χ0v) is 20.4. The van der Waals surface area contributed by atoms with E-state index in [0.717, 1.165) is 22.0 Å². The Labute approximate surface area is 218 Å². The molecule has 2 amide bonds. The summed E-state index contributed by atoms with van der Waals surface area (Å²) in [5, 5.41) is 2.50. The number of nitrogens with zero attached hydrogens (tertiary/aromatic N) is 2. The summed E-state index contributed by atoms with van der Waals surface area (Å²) in [7, 11) is 0. The van der Waals surface area contributed by atoms with E-state index < -0.39 is 23.9 Å². The predicted molar refractivity (Wildman–Crippen MR) is 145 cm³/mol. The Kier molecular flexibility index (Phi) is 4.85. The van der Waals surface area contributed by atoms with E-state index in [1.165, 1.54) is 4.90 Å². The van der Waals surface area contributed by atoms with Crippen LogP contribution in [-0.2, 0) is 9.59 Å². The van der Waals surface area contributed by atoms with Crippen LogP contribution in [-0.4, -0.2) is 29.7 Å². The maximum atomic E-state index is 14.1. The van der Waals surface area contributed by atoms with Crippen molar-refractivity contribution in [2.45, 2.75) is 12.1 Å². The van der Waals surface area contributed by atoms with Gasteiger partial charge in [-0.3, -0.25) is 14.4 Å². The first kappa shape index (κ1) is 22.0. The van der Waals surface area contributed by atoms with Crippen molar-refractivity contribution in [1.82, 2.24) is 0 Å². The maximum absolute atomic E-state index is 14.1. The molecule has 5 nitrogen and oxygen atoms in total. The van der Waals surface area contributed by atoms with Crippen LogP contribution in [0.1, 0.15) is 15.9 Å². The Bertz CT molecular complexity index is 1640. The van der Waals surface area contributed by atoms with Crippen LogP contribution in [0.15, 0.2) is 97.1 Å². The highest BCUT2D eigenvalue weighted by atomic mass is 35.5. The van der Waals surface area contributed by atoms with E-state index in [2.05, 4.69) is 0 Å². The molecule has 0 saturated carbocycles. The van der Waals surface area contributed by atoms with Gasteiger partial charge < -0.3 is 4.90 Å². The number of carbonyl (C=O) groups is 3. The number of halogens is 1. The van der Waals surface area contributed by atoms with E-state index in [1.54, 1.807) is 30.3 Å². The molecule has 4 aromatic carbocycles. The minimum Gasteiger partial charge on any atom is -0.352 e. The van der Waals surface area contributed by atoms with Gasteiger partial charge in [0.2, 0.25) is 11.8 Å². The van der Waals surface area contributed by atoms with E-state index in [-0.39, 0.29) is 17.6 Å². The molecule has 4 atom stereocenters. The molecule has 180 valence electrons. The zero-order valence-electron chi connectivity index (χ0n) is 19.6. The molecular weight excluding hydrogens is 484 g/mol. The van der Waals surface area contributed by atoms with Crippen LogP contribution >= 0.6 is 11.6 Å². The third-order valence-corrected chi connectivity index (χ3v) is 8.06. The first-order valence-corrected chi connectivity index (χ1v) is 12.6. The van der Waals surface area contributed by atoms with Gasteiger partial charge in [-0.2, -0.15) is 0 Å². The lowest BCUT2D eigenvalue weighted by molar-refractivity contribution is -0.122. The zero-order chi connectivity index (χ0) is 25.3. The topological polar surface area (TPSA) is 57.7 Å². The van der Waals surface area contributed by atoms with Crippen molar-refractivity contribution in [2.24, 2.45) is 11.8 Å². The molecule has 0 aromatic heterocycles. The number of anilines is 2. The molecule has 37 heavy (non-hydrogen) atoms. The number of hydrogen-bond donors (Lipinski definition) is 0. The fourth-order valence-corrected chi connectivity index (χ4v) is 6.29. The Morgan fingerprint density at radius 2 is 1.46 bits per heavy atom. The number of Topliss-reactive ketones (excluding diaryl/α,β-unsaturated/α-hetero) is 1. The summed E-state index contributed by atoms with van der Waals surface area (Å²) in [4.78, 5) is 45.3. The molecule has 0 bridgehead atoms. The van der Waals surface area contributed by atoms with Crippen LogP contribution in [0.5, 0.6) is 0 Å². The van der Waals surface area contributed by atoms with E-state index in [9.17, 15) is 14.4 Å². The maximum Gasteiger partial charge on any atom is 0.240 e. The highest BCUT2D eigenvalue weighted by molar-refractivity contribution is 6.30. The van der Waals surface area contributed by atoms with Gasteiger partial charge in [-0.1, -0.05) is 72.3 Å². The van der Waals surface area contributed by atoms with Gasteiger partial charge in [0.15, 0.2) is 5.78 Å². The van der Waals surface area contributed by atoms with Crippen LogP contribution in [0.25, 0.3) is 16.8 Å². The van der Waals surface area contributed by atoms with Gasteiger partial charge in [-0.05, 0) is 58.8 Å². The minimum absolute atomic E-state index is 0.194. The van der Waals surface area contributed by atoms with Gasteiger partial charge in [0.25, 0.3) is 0 Å². The number of ketones is 1. The summed E-state index contributed by atoms with van der Waals surface area (Å²) in [6, 6.07) is 26.7. The second kappa shape index (κ2) is 8.15. The normalized spacial score (nSPS) is 23.8. The summed E-state index contributed by atoms with van der Waals surface area (Å²) in [5.74, 6) is -2.26. The Hall–Kier alpha value is -4.22. The van der Waals surface area contributed by atoms with E-state index in [4.69, 9.17) is 11.6 Å². The average molecular weight is 505 g/mol. The minimum atomic E-state index is -0.816. The lowest BCUT2D eigenvalue weighted by Gasteiger charge is -2.36. The van der Waals surface area contributed by atoms with E-state index >= 15 is 0 Å². The third-order valence-electron chi connectivity index (χ3n) is 7.80. The number of carbonyl (C=O) groups excluding carboxylic acids is 3. The number of hydrogen-bond acceptors (Lipinski definition) is 4. The number of amides is 2. The van der Waals surface area contributed by atoms with Gasteiger partial charge in [0.1, 0.15) is 6.04 Å². The first-order chi connectivity index (χ1) is 18.0. The predicted octanol–water partition coefficient (Wildman–Crippen LogP) is 5.77. The van der Waals surface area contributed by atoms with Gasteiger partial charge in [0, 0.05) is 16.3 Å². The molecule has 6 heteroatoms. The number of imide groups is 1. The monoisotopic (exact) mass is 504 g/mol. The standard InChI is InChI=1S/C31H21ClN2O3/c32-22-13-9-20(10-14-22)29(35)28-27-26(25-16-12-19-6-3-4-8-24(19)34(25)28)30(36)33(31(27)37)23-15-11-18-5-1-2-7-21(18)17-23/h1-17,25-28H/t25-,26+,27-,28+/m1/s1. The lowest BCUT2D eigenvalue weighted by atomic mass is 9.86. The largest absolute Gasteiger partial charge is 0.352 e. The number of rotatable bonds is 3. The van der Waals surface area contributed by atoms with Gasteiger partial charge in [0.05, 0.1) is 23.6 Å². The summed E-state index contributed by atoms with van der Waals surface area (Å²) >= 11 is 6.08. The van der Waals surface area contributed by atoms with Crippen LogP contribution in [0.4, 0.5) is 11.4 Å². The van der Waals surface area contributed by atoms with Crippen molar-refractivity contribution >= 4 is 57.4 Å². The SMILES string of the molecule is O=C(c1ccc(Cl)cc1)[C@@H]1[C@@H]2C(=O)N(c3ccc4ccccc4c3)C(=O)[C@H]2[C@H]2C=Cc3ccccc3N21. The van der Waals surface area contributed by atoms with Crippen molar-refractivity contribution in [3.05, 3.63) is 113 Å². The summed E-state index contributed by atoms with van der Waals surface area (Å²) in [6.45, 7) is 0. The summed E-state index contributed by atoms with van der Waals surface area (Å²) in [5.41, 5.74) is 2.81. The highest BCUT2D eigenvalue weighted by Gasteiger charge is 2.64. The Balaban J connectivity index is 1.36. The molecule has 2 fully saturated rings. The average Bonchev–Trinajstić information content (AvgIpc) is 3.41. The van der Waals surface area contributed by atoms with Gasteiger partial charge in [-0.15, -0.1) is 0 Å². The summed E-state index contributed by atoms with van der Waals surface area (Å²) in [6.07, 6.45) is 3.95. The number of fused-ring (bicyclic) bond motifs is 6. The van der Waals surface area contributed by atoms with E-state index in [1.807, 2.05) is 77.7 Å². The van der Waals surface area contributed by atoms with Crippen molar-refractivity contribution < 1.29 is 14.4 Å². The Morgan fingerprint density at radius 1 is 0.757 bits per heavy atom. The number of benzene rings is 4. The molecule has 0 spiro atoms. The van der Waals surface area contributed by atoms with Crippen LogP contribution < -0.4 is 9.80 Å². The fourth-order valence-electron chi connectivity index (χ4n) is 6.17. The summed E-state index contributed by atoms with van der Waals surface area (Å²) < 4.78 is 0. The molecule has 3 aliphatic heterocycles. The van der Waals surface area contributed by atoms with Gasteiger partial charge in [-0.25, -0.2) is 4.90 Å². The molecule has 0 radical (unpaired) electrons. The van der Waals surface area contributed by atoms with Crippen LogP contribution in [0.2, 0.25) is 5.02 Å². The molecule has 2 saturated heterocycles. The molecular formula is C31H21ClN2O3. The van der Waals surface area contributed by atoms with E-state index in [0.29, 0.717) is 16.3 Å². The quantitative estimate of drug-likeness (QED) is 0.263. The van der Waals surface area contributed by atoms with Gasteiger partial charge >= 0.3 is 0 Å².